The molecule has 1 aliphatic heterocycles. The molecule has 1 fully saturated rings. The molecule has 1 aromatic carbocycles. The number of aromatic amines is 1. The van der Waals surface area contributed by atoms with Gasteiger partial charge in [-0.25, -0.2) is 14.8 Å². The Morgan fingerprint density at radius 2 is 1.97 bits per heavy atom. The van der Waals surface area contributed by atoms with Crippen LogP contribution in [0.3, 0.4) is 0 Å². The summed E-state index contributed by atoms with van der Waals surface area (Å²) in [5.74, 6) is 0.346. The lowest BCUT2D eigenvalue weighted by Gasteiger charge is -2.22. The Bertz CT molecular complexity index is 1270. The summed E-state index contributed by atoms with van der Waals surface area (Å²) in [5.41, 5.74) is -4.35. The first-order valence-corrected chi connectivity index (χ1v) is 11.4. The minimum atomic E-state index is -4.95. The summed E-state index contributed by atoms with van der Waals surface area (Å²) < 4.78 is 87.6. The maximum atomic E-state index is 13.9. The van der Waals surface area contributed by atoms with E-state index in [1.807, 2.05) is 5.32 Å². The number of nitrogens with one attached hydrogen (secondary N) is 4. The SMILES string of the molecule is COC(=O)Nc1ccc2c(-c3nc(NCC[C@@H]4CCCNC4)ncc3C(F)(F)F)c[nH]c2c1C(F)(F)F. The number of alkyl halides is 6. The van der Waals surface area contributed by atoms with Crippen LogP contribution in [0.15, 0.2) is 24.5 Å². The molecular weight excluding hydrogens is 506 g/mol. The van der Waals surface area contributed by atoms with Crippen LogP contribution in [0.25, 0.3) is 22.2 Å². The Morgan fingerprint density at radius 1 is 1.19 bits per heavy atom. The molecule has 0 radical (unpaired) electrons. The second-order valence-corrected chi connectivity index (χ2v) is 8.61. The van der Waals surface area contributed by atoms with Crippen molar-refractivity contribution in [1.82, 2.24) is 20.3 Å². The quantitative estimate of drug-likeness (QED) is 0.308. The van der Waals surface area contributed by atoms with E-state index in [-0.39, 0.29) is 16.9 Å². The Kier molecular flexibility index (Phi) is 7.48. The summed E-state index contributed by atoms with van der Waals surface area (Å²) in [6, 6.07) is 2.12. The molecule has 200 valence electrons. The largest absolute Gasteiger partial charge is 0.453 e. The Balaban J connectivity index is 1.74. The van der Waals surface area contributed by atoms with E-state index in [9.17, 15) is 31.1 Å². The number of fused-ring (bicyclic) bond motifs is 1. The number of amides is 1. The molecule has 37 heavy (non-hydrogen) atoms. The number of nitrogens with zero attached hydrogens (tertiary/aromatic N) is 2. The van der Waals surface area contributed by atoms with Crippen LogP contribution in [-0.4, -0.2) is 47.8 Å². The van der Waals surface area contributed by atoms with Crippen LogP contribution in [0.5, 0.6) is 0 Å². The number of hydrogen-bond acceptors (Lipinski definition) is 6. The Morgan fingerprint density at radius 3 is 2.62 bits per heavy atom. The molecule has 0 unspecified atom stereocenters. The van der Waals surface area contributed by atoms with Gasteiger partial charge in [-0.1, -0.05) is 6.07 Å². The minimum absolute atomic E-state index is 0.0684. The molecule has 14 heteroatoms. The summed E-state index contributed by atoms with van der Waals surface area (Å²) in [4.78, 5) is 21.8. The summed E-state index contributed by atoms with van der Waals surface area (Å²) >= 11 is 0. The number of hydrogen-bond donors (Lipinski definition) is 4. The average Bonchev–Trinajstić information content (AvgIpc) is 3.26. The molecule has 1 amide bonds. The van der Waals surface area contributed by atoms with Crippen molar-refractivity contribution in [3.63, 3.8) is 0 Å². The van der Waals surface area contributed by atoms with Crippen LogP contribution < -0.4 is 16.0 Å². The van der Waals surface area contributed by atoms with E-state index in [1.54, 1.807) is 0 Å². The second-order valence-electron chi connectivity index (χ2n) is 8.61. The number of rotatable bonds is 6. The van der Waals surface area contributed by atoms with Crippen molar-refractivity contribution in [3.8, 4) is 11.3 Å². The number of carbonyl (C=O) groups excluding carboxylic acids is 1. The molecular formula is C23H24F6N6O2. The summed E-state index contributed by atoms with van der Waals surface area (Å²) in [5, 5.41) is 8.03. The van der Waals surface area contributed by atoms with Gasteiger partial charge in [0.2, 0.25) is 5.95 Å². The standard InChI is InChI=1S/C23H24F6N6O2/c1-37-21(36)34-16-5-4-13-14(10-32-19(13)17(16)23(27,28)29)18-15(22(24,25)26)11-33-20(35-18)31-8-6-12-3-2-7-30-9-12/h4-5,10-12,30,32H,2-3,6-9H2,1H3,(H,34,36)(H,31,33,35)/t12-/m0/s1. The van der Waals surface area contributed by atoms with Crippen molar-refractivity contribution in [2.45, 2.75) is 31.6 Å². The molecule has 4 N–H and O–H groups in total. The van der Waals surface area contributed by atoms with Gasteiger partial charge in [-0.2, -0.15) is 26.3 Å². The third-order valence-corrected chi connectivity index (χ3v) is 6.15. The van der Waals surface area contributed by atoms with Gasteiger partial charge in [-0.15, -0.1) is 0 Å². The van der Waals surface area contributed by atoms with E-state index in [1.165, 1.54) is 6.07 Å². The van der Waals surface area contributed by atoms with Crippen LogP contribution >= 0.6 is 0 Å². The fourth-order valence-corrected chi connectivity index (χ4v) is 4.39. The molecule has 2 aromatic heterocycles. The number of H-pyrrole nitrogens is 1. The number of ether oxygens (including phenoxy) is 1. The topological polar surface area (TPSA) is 104 Å². The number of carbonyl (C=O) groups is 1. The third kappa shape index (κ3) is 5.89. The van der Waals surface area contributed by atoms with Gasteiger partial charge in [0.15, 0.2) is 0 Å². The molecule has 3 aromatic rings. The predicted molar refractivity (Wildman–Crippen MR) is 124 cm³/mol. The van der Waals surface area contributed by atoms with Crippen LogP contribution in [-0.2, 0) is 17.1 Å². The Labute approximate surface area is 207 Å². The Hall–Kier alpha value is -3.55. The van der Waals surface area contributed by atoms with Gasteiger partial charge in [-0.3, -0.25) is 5.32 Å². The molecule has 3 heterocycles. The fourth-order valence-electron chi connectivity index (χ4n) is 4.39. The van der Waals surface area contributed by atoms with E-state index >= 15 is 0 Å². The van der Waals surface area contributed by atoms with E-state index < -0.39 is 46.5 Å². The summed E-state index contributed by atoms with van der Waals surface area (Å²) in [6.07, 6.45) is -6.46. The zero-order valence-corrected chi connectivity index (χ0v) is 19.6. The average molecular weight is 530 g/mol. The summed E-state index contributed by atoms with van der Waals surface area (Å²) in [6.45, 7) is 2.23. The van der Waals surface area contributed by atoms with Gasteiger partial charge in [0, 0.05) is 29.9 Å². The first-order chi connectivity index (χ1) is 17.5. The van der Waals surface area contributed by atoms with Crippen molar-refractivity contribution in [2.75, 3.05) is 37.4 Å². The molecule has 1 aliphatic rings. The van der Waals surface area contributed by atoms with Crippen molar-refractivity contribution in [3.05, 3.63) is 35.7 Å². The number of anilines is 2. The van der Waals surface area contributed by atoms with Crippen molar-refractivity contribution >= 4 is 28.6 Å². The van der Waals surface area contributed by atoms with Gasteiger partial charge < -0.3 is 20.4 Å². The lowest BCUT2D eigenvalue weighted by Crippen LogP contribution is -2.30. The first-order valence-electron chi connectivity index (χ1n) is 11.4. The van der Waals surface area contributed by atoms with Crippen LogP contribution in [0, 0.1) is 5.92 Å². The highest BCUT2D eigenvalue weighted by molar-refractivity contribution is 6.01. The van der Waals surface area contributed by atoms with E-state index in [0.29, 0.717) is 18.7 Å². The zero-order chi connectivity index (χ0) is 26.8. The second kappa shape index (κ2) is 10.4. The molecule has 0 spiro atoms. The molecule has 1 atom stereocenters. The van der Waals surface area contributed by atoms with E-state index in [4.69, 9.17) is 0 Å². The number of methoxy groups -OCH3 is 1. The smallest absolute Gasteiger partial charge is 0.420 e. The normalized spacial score (nSPS) is 16.6. The van der Waals surface area contributed by atoms with Gasteiger partial charge in [0.05, 0.1) is 24.0 Å². The van der Waals surface area contributed by atoms with Crippen molar-refractivity contribution < 1.29 is 35.9 Å². The van der Waals surface area contributed by atoms with Gasteiger partial charge in [-0.05, 0) is 44.3 Å². The number of piperidine rings is 1. The highest BCUT2D eigenvalue weighted by Gasteiger charge is 2.39. The van der Waals surface area contributed by atoms with E-state index in [2.05, 4.69) is 30.3 Å². The number of halogens is 6. The van der Waals surface area contributed by atoms with Gasteiger partial charge in [0.25, 0.3) is 0 Å². The van der Waals surface area contributed by atoms with Crippen molar-refractivity contribution in [1.29, 1.82) is 0 Å². The lowest BCUT2D eigenvalue weighted by molar-refractivity contribution is -0.137. The maximum Gasteiger partial charge on any atom is 0.420 e. The van der Waals surface area contributed by atoms with Crippen LogP contribution in [0.4, 0.5) is 42.8 Å². The fraction of sp³-hybridized carbons (Fsp3) is 0.435. The third-order valence-electron chi connectivity index (χ3n) is 6.15. The van der Waals surface area contributed by atoms with Crippen LogP contribution in [0.1, 0.15) is 30.4 Å². The molecule has 0 aliphatic carbocycles. The highest BCUT2D eigenvalue weighted by Crippen LogP contribution is 2.44. The monoisotopic (exact) mass is 530 g/mol. The van der Waals surface area contributed by atoms with Crippen LogP contribution in [0.2, 0.25) is 0 Å². The predicted octanol–water partition coefficient (Wildman–Crippen LogP) is 5.64. The van der Waals surface area contributed by atoms with E-state index in [0.717, 1.165) is 51.7 Å². The summed E-state index contributed by atoms with van der Waals surface area (Å²) in [7, 11) is 0.985. The molecule has 0 saturated carbocycles. The highest BCUT2D eigenvalue weighted by atomic mass is 19.4. The van der Waals surface area contributed by atoms with Crippen molar-refractivity contribution in [2.24, 2.45) is 5.92 Å². The minimum Gasteiger partial charge on any atom is -0.453 e. The first kappa shape index (κ1) is 26.5. The molecule has 8 nitrogen and oxygen atoms in total. The zero-order valence-electron chi connectivity index (χ0n) is 19.6. The molecule has 4 rings (SSSR count). The lowest BCUT2D eigenvalue weighted by atomic mass is 9.96. The maximum absolute atomic E-state index is 13.9. The number of aromatic nitrogens is 3. The number of benzene rings is 1. The molecule has 1 saturated heterocycles. The molecule has 0 bridgehead atoms. The van der Waals surface area contributed by atoms with Gasteiger partial charge >= 0.3 is 18.4 Å². The van der Waals surface area contributed by atoms with Gasteiger partial charge in [0.1, 0.15) is 11.1 Å².